The summed E-state index contributed by atoms with van der Waals surface area (Å²) in [5.74, 6) is -0.861. The molecule has 2 heterocycles. The maximum atomic E-state index is 10.8. The second-order valence-corrected chi connectivity index (χ2v) is 7.03. The lowest BCUT2D eigenvalue weighted by Gasteiger charge is -2.12. The van der Waals surface area contributed by atoms with Crippen molar-refractivity contribution in [1.29, 1.82) is 0 Å². The number of nitrogens with one attached hydrogen (secondary N) is 1. The standard InChI is InChI=1S/C14H17NO2S2/c1-8-4-13(10(3)19-8)9(2)15-6-12-5-11(7-18-12)14(16)17/h4-5,7,9,15H,6H2,1-3H3,(H,16,17). The van der Waals surface area contributed by atoms with E-state index in [1.54, 1.807) is 11.4 Å². The van der Waals surface area contributed by atoms with Crippen molar-refractivity contribution in [2.75, 3.05) is 0 Å². The van der Waals surface area contributed by atoms with Gasteiger partial charge in [0.25, 0.3) is 0 Å². The van der Waals surface area contributed by atoms with E-state index in [2.05, 4.69) is 32.2 Å². The highest BCUT2D eigenvalue weighted by molar-refractivity contribution is 7.12. The molecule has 0 radical (unpaired) electrons. The minimum absolute atomic E-state index is 0.278. The summed E-state index contributed by atoms with van der Waals surface area (Å²) < 4.78 is 0. The highest BCUT2D eigenvalue weighted by atomic mass is 32.1. The van der Waals surface area contributed by atoms with Crippen molar-refractivity contribution in [3.63, 3.8) is 0 Å². The monoisotopic (exact) mass is 295 g/mol. The van der Waals surface area contributed by atoms with E-state index in [0.29, 0.717) is 12.1 Å². The van der Waals surface area contributed by atoms with E-state index in [9.17, 15) is 4.79 Å². The Morgan fingerprint density at radius 1 is 1.42 bits per heavy atom. The van der Waals surface area contributed by atoms with Gasteiger partial charge < -0.3 is 10.4 Å². The molecule has 0 bridgehead atoms. The number of hydrogen-bond acceptors (Lipinski definition) is 4. The minimum atomic E-state index is -0.861. The Morgan fingerprint density at radius 2 is 2.16 bits per heavy atom. The number of carbonyl (C=O) groups is 1. The summed E-state index contributed by atoms with van der Waals surface area (Å²) in [6.07, 6.45) is 0. The highest BCUT2D eigenvalue weighted by Crippen LogP contribution is 2.26. The molecule has 0 fully saturated rings. The lowest BCUT2D eigenvalue weighted by molar-refractivity contribution is 0.0697. The van der Waals surface area contributed by atoms with Gasteiger partial charge in [-0.15, -0.1) is 22.7 Å². The van der Waals surface area contributed by atoms with Gasteiger partial charge in [-0.05, 0) is 38.5 Å². The van der Waals surface area contributed by atoms with Crippen LogP contribution in [0.15, 0.2) is 17.5 Å². The molecule has 0 amide bonds. The molecule has 2 aromatic rings. The lowest BCUT2D eigenvalue weighted by atomic mass is 10.1. The molecule has 2 rings (SSSR count). The molecule has 0 aliphatic rings. The molecule has 1 atom stereocenters. The second-order valence-electron chi connectivity index (χ2n) is 4.58. The fourth-order valence-electron chi connectivity index (χ4n) is 2.03. The number of aryl methyl sites for hydroxylation is 2. The van der Waals surface area contributed by atoms with Crippen LogP contribution in [0.25, 0.3) is 0 Å². The summed E-state index contributed by atoms with van der Waals surface area (Å²) in [5.41, 5.74) is 1.70. The third-order valence-corrected chi connectivity index (χ3v) is 4.95. The summed E-state index contributed by atoms with van der Waals surface area (Å²) in [6, 6.07) is 4.23. The van der Waals surface area contributed by atoms with Crippen LogP contribution < -0.4 is 5.32 Å². The predicted molar refractivity (Wildman–Crippen MR) is 80.3 cm³/mol. The van der Waals surface area contributed by atoms with Gasteiger partial charge in [0, 0.05) is 32.6 Å². The van der Waals surface area contributed by atoms with E-state index in [1.807, 2.05) is 11.3 Å². The van der Waals surface area contributed by atoms with E-state index in [-0.39, 0.29) is 6.04 Å². The van der Waals surface area contributed by atoms with Crippen LogP contribution in [0.4, 0.5) is 0 Å². The number of rotatable bonds is 5. The van der Waals surface area contributed by atoms with Gasteiger partial charge in [-0.25, -0.2) is 4.79 Å². The van der Waals surface area contributed by atoms with Crippen molar-refractivity contribution < 1.29 is 9.90 Å². The third kappa shape index (κ3) is 3.43. The predicted octanol–water partition coefficient (Wildman–Crippen LogP) is 3.98. The van der Waals surface area contributed by atoms with Gasteiger partial charge in [0.2, 0.25) is 0 Å². The van der Waals surface area contributed by atoms with E-state index in [4.69, 9.17) is 5.11 Å². The molecule has 0 saturated heterocycles. The van der Waals surface area contributed by atoms with Gasteiger partial charge in [-0.1, -0.05) is 0 Å². The summed E-state index contributed by atoms with van der Waals surface area (Å²) in [5, 5.41) is 14.0. The van der Waals surface area contributed by atoms with Crippen molar-refractivity contribution in [2.45, 2.75) is 33.4 Å². The fourth-order valence-corrected chi connectivity index (χ4v) is 3.86. The van der Waals surface area contributed by atoms with Crippen LogP contribution in [0, 0.1) is 13.8 Å². The zero-order valence-electron chi connectivity index (χ0n) is 11.2. The normalized spacial score (nSPS) is 12.6. The van der Waals surface area contributed by atoms with Crippen LogP contribution >= 0.6 is 22.7 Å². The number of aromatic carboxylic acids is 1. The van der Waals surface area contributed by atoms with Crippen LogP contribution in [-0.4, -0.2) is 11.1 Å². The summed E-state index contributed by atoms with van der Waals surface area (Å²) in [7, 11) is 0. The molecule has 0 spiro atoms. The van der Waals surface area contributed by atoms with Crippen molar-refractivity contribution in [3.05, 3.63) is 43.3 Å². The SMILES string of the molecule is Cc1cc(C(C)NCc2cc(C(=O)O)cs2)c(C)s1. The second kappa shape index (κ2) is 5.86. The fraction of sp³-hybridized carbons (Fsp3) is 0.357. The van der Waals surface area contributed by atoms with Crippen LogP contribution in [0.5, 0.6) is 0 Å². The number of carboxylic acids is 1. The molecule has 0 saturated carbocycles. The Labute approximate surface area is 120 Å². The minimum Gasteiger partial charge on any atom is -0.478 e. The first-order valence-electron chi connectivity index (χ1n) is 6.08. The van der Waals surface area contributed by atoms with Crippen LogP contribution in [0.3, 0.4) is 0 Å². The zero-order chi connectivity index (χ0) is 14.0. The third-order valence-electron chi connectivity index (χ3n) is 3.03. The number of carboxylic acid groups (broad SMARTS) is 1. The van der Waals surface area contributed by atoms with Crippen molar-refractivity contribution in [3.8, 4) is 0 Å². The molecule has 102 valence electrons. The van der Waals surface area contributed by atoms with Gasteiger partial charge in [0.05, 0.1) is 5.56 Å². The Balaban J connectivity index is 1.98. The highest BCUT2D eigenvalue weighted by Gasteiger charge is 2.12. The summed E-state index contributed by atoms with van der Waals surface area (Å²) >= 11 is 3.30. The van der Waals surface area contributed by atoms with Crippen molar-refractivity contribution in [1.82, 2.24) is 5.32 Å². The average Bonchev–Trinajstić information content (AvgIpc) is 2.93. The number of thiophene rings is 2. The quantitative estimate of drug-likeness (QED) is 0.877. The first kappa shape index (κ1) is 14.2. The van der Waals surface area contributed by atoms with Gasteiger partial charge in [0.15, 0.2) is 0 Å². The summed E-state index contributed by atoms with van der Waals surface area (Å²) in [4.78, 5) is 14.5. The average molecular weight is 295 g/mol. The molecule has 2 aromatic heterocycles. The van der Waals surface area contributed by atoms with Gasteiger partial charge in [0.1, 0.15) is 0 Å². The molecule has 5 heteroatoms. The molecule has 0 aromatic carbocycles. The largest absolute Gasteiger partial charge is 0.478 e. The zero-order valence-corrected chi connectivity index (χ0v) is 12.8. The summed E-state index contributed by atoms with van der Waals surface area (Å²) in [6.45, 7) is 7.10. The van der Waals surface area contributed by atoms with Crippen LogP contribution in [0.1, 0.15) is 43.5 Å². The Kier molecular flexibility index (Phi) is 4.39. The topological polar surface area (TPSA) is 49.3 Å². The Hall–Kier alpha value is -1.17. The van der Waals surface area contributed by atoms with E-state index < -0.39 is 5.97 Å². The van der Waals surface area contributed by atoms with Gasteiger partial charge in [-0.3, -0.25) is 0 Å². The van der Waals surface area contributed by atoms with E-state index >= 15 is 0 Å². The van der Waals surface area contributed by atoms with Crippen molar-refractivity contribution >= 4 is 28.6 Å². The lowest BCUT2D eigenvalue weighted by Crippen LogP contribution is -2.17. The van der Waals surface area contributed by atoms with Crippen LogP contribution in [0.2, 0.25) is 0 Å². The van der Waals surface area contributed by atoms with E-state index in [1.165, 1.54) is 26.7 Å². The van der Waals surface area contributed by atoms with Crippen molar-refractivity contribution in [2.24, 2.45) is 0 Å². The van der Waals surface area contributed by atoms with Crippen LogP contribution in [-0.2, 0) is 6.54 Å². The smallest absolute Gasteiger partial charge is 0.336 e. The maximum Gasteiger partial charge on any atom is 0.336 e. The first-order valence-corrected chi connectivity index (χ1v) is 7.78. The molecule has 1 unspecified atom stereocenters. The van der Waals surface area contributed by atoms with Gasteiger partial charge >= 0.3 is 5.97 Å². The number of hydrogen-bond donors (Lipinski definition) is 2. The maximum absolute atomic E-state index is 10.8. The molecular weight excluding hydrogens is 278 g/mol. The van der Waals surface area contributed by atoms with E-state index in [0.717, 1.165) is 4.88 Å². The van der Waals surface area contributed by atoms with Gasteiger partial charge in [-0.2, -0.15) is 0 Å². The Bertz CT molecular complexity index is 586. The molecule has 0 aliphatic heterocycles. The Morgan fingerprint density at radius 3 is 2.68 bits per heavy atom. The molecule has 3 nitrogen and oxygen atoms in total. The molecule has 2 N–H and O–H groups in total. The first-order chi connectivity index (χ1) is 8.97. The molecule has 19 heavy (non-hydrogen) atoms. The molecule has 0 aliphatic carbocycles. The molecular formula is C14H17NO2S2.